The molecular formula is C16H25FN2O. The quantitative estimate of drug-likeness (QED) is 0.794. The van der Waals surface area contributed by atoms with Crippen LogP contribution in [-0.4, -0.2) is 19.5 Å². The number of nitrogens with zero attached hydrogens (tertiary/aromatic N) is 1. The zero-order valence-electron chi connectivity index (χ0n) is 12.4. The van der Waals surface area contributed by atoms with Gasteiger partial charge in [-0.25, -0.2) is 4.39 Å². The largest absolute Gasteiger partial charge is 0.330 e. The summed E-state index contributed by atoms with van der Waals surface area (Å²) in [6.45, 7) is 2.79. The third-order valence-corrected chi connectivity index (χ3v) is 3.63. The van der Waals surface area contributed by atoms with Crippen molar-refractivity contribution in [3.63, 3.8) is 0 Å². The fraction of sp³-hybridized carbons (Fsp3) is 0.562. The summed E-state index contributed by atoms with van der Waals surface area (Å²) in [5, 5.41) is 0. The van der Waals surface area contributed by atoms with Crippen molar-refractivity contribution in [1.82, 2.24) is 0 Å². The zero-order chi connectivity index (χ0) is 15.0. The van der Waals surface area contributed by atoms with Gasteiger partial charge in [0, 0.05) is 13.5 Å². The maximum atomic E-state index is 13.6. The number of hydrogen-bond donors (Lipinski definition) is 1. The Labute approximate surface area is 121 Å². The number of rotatable bonds is 8. The van der Waals surface area contributed by atoms with Crippen molar-refractivity contribution in [1.29, 1.82) is 0 Å². The summed E-state index contributed by atoms with van der Waals surface area (Å²) >= 11 is 0. The second-order valence-corrected chi connectivity index (χ2v) is 5.17. The molecule has 1 aromatic carbocycles. The molecule has 3 nitrogen and oxygen atoms in total. The van der Waals surface area contributed by atoms with Crippen LogP contribution in [0.2, 0.25) is 0 Å². The van der Waals surface area contributed by atoms with E-state index in [0.29, 0.717) is 24.6 Å². The lowest BCUT2D eigenvalue weighted by Gasteiger charge is -2.20. The number of carbonyl (C=O) groups is 1. The van der Waals surface area contributed by atoms with E-state index in [9.17, 15) is 9.18 Å². The minimum absolute atomic E-state index is 0.0479. The molecule has 1 amide bonds. The number of halogens is 1. The summed E-state index contributed by atoms with van der Waals surface area (Å²) in [7, 11) is 1.62. The van der Waals surface area contributed by atoms with E-state index in [-0.39, 0.29) is 11.7 Å². The fourth-order valence-corrected chi connectivity index (χ4v) is 2.43. The Bertz CT molecular complexity index is 417. The van der Waals surface area contributed by atoms with Crippen molar-refractivity contribution in [2.24, 2.45) is 11.7 Å². The first-order chi connectivity index (χ1) is 9.60. The van der Waals surface area contributed by atoms with Gasteiger partial charge in [0.2, 0.25) is 5.91 Å². The number of anilines is 1. The molecule has 4 heteroatoms. The van der Waals surface area contributed by atoms with Gasteiger partial charge in [-0.05, 0) is 37.4 Å². The van der Waals surface area contributed by atoms with Gasteiger partial charge in [0.1, 0.15) is 5.82 Å². The highest BCUT2D eigenvalue weighted by molar-refractivity contribution is 5.92. The van der Waals surface area contributed by atoms with Crippen LogP contribution in [0.3, 0.4) is 0 Å². The Morgan fingerprint density at radius 3 is 2.60 bits per heavy atom. The van der Waals surface area contributed by atoms with Crippen LogP contribution in [0.4, 0.5) is 10.1 Å². The third-order valence-electron chi connectivity index (χ3n) is 3.63. The first kappa shape index (κ1) is 16.6. The van der Waals surface area contributed by atoms with Crippen LogP contribution in [0.1, 0.15) is 39.0 Å². The topological polar surface area (TPSA) is 46.3 Å². The normalized spacial score (nSPS) is 12.2. The Morgan fingerprint density at radius 2 is 2.00 bits per heavy atom. The smallest absolute Gasteiger partial charge is 0.226 e. The van der Waals surface area contributed by atoms with E-state index in [1.807, 2.05) is 0 Å². The average molecular weight is 280 g/mol. The van der Waals surface area contributed by atoms with Crippen molar-refractivity contribution < 1.29 is 9.18 Å². The van der Waals surface area contributed by atoms with E-state index in [2.05, 4.69) is 6.92 Å². The number of nitrogens with two attached hydrogens (primary N) is 1. The molecule has 1 aromatic rings. The summed E-state index contributed by atoms with van der Waals surface area (Å²) in [5.74, 6) is 0.0756. The summed E-state index contributed by atoms with van der Waals surface area (Å²) in [4.78, 5) is 13.5. The maximum Gasteiger partial charge on any atom is 0.226 e. The first-order valence-electron chi connectivity index (χ1n) is 7.31. The van der Waals surface area contributed by atoms with E-state index < -0.39 is 0 Å². The van der Waals surface area contributed by atoms with Crippen LogP contribution in [-0.2, 0) is 4.79 Å². The molecule has 0 saturated carbocycles. The molecule has 112 valence electrons. The van der Waals surface area contributed by atoms with Gasteiger partial charge in [-0.3, -0.25) is 4.79 Å². The van der Waals surface area contributed by atoms with Crippen LogP contribution in [0.25, 0.3) is 0 Å². The molecule has 0 fully saturated rings. The number of benzene rings is 1. The Kier molecular flexibility index (Phi) is 7.23. The maximum absolute atomic E-state index is 13.6. The second kappa shape index (κ2) is 8.69. The van der Waals surface area contributed by atoms with E-state index in [0.717, 1.165) is 25.7 Å². The molecule has 0 aliphatic carbocycles. The molecule has 0 radical (unpaired) electrons. The monoisotopic (exact) mass is 280 g/mol. The predicted octanol–water partition coefficient (Wildman–Crippen LogP) is 3.33. The molecule has 0 heterocycles. The van der Waals surface area contributed by atoms with E-state index in [4.69, 9.17) is 5.73 Å². The average Bonchev–Trinajstić information content (AvgIpc) is 2.44. The van der Waals surface area contributed by atoms with Gasteiger partial charge < -0.3 is 10.6 Å². The molecule has 1 unspecified atom stereocenters. The van der Waals surface area contributed by atoms with E-state index in [1.165, 1.54) is 11.0 Å². The van der Waals surface area contributed by atoms with Gasteiger partial charge >= 0.3 is 0 Å². The summed E-state index contributed by atoms with van der Waals surface area (Å²) in [5.41, 5.74) is 5.93. The number of amides is 1. The molecule has 20 heavy (non-hydrogen) atoms. The zero-order valence-corrected chi connectivity index (χ0v) is 12.4. The summed E-state index contributed by atoms with van der Waals surface area (Å²) in [6, 6.07) is 6.34. The highest BCUT2D eigenvalue weighted by atomic mass is 19.1. The van der Waals surface area contributed by atoms with E-state index >= 15 is 0 Å². The van der Waals surface area contributed by atoms with Gasteiger partial charge in [-0.2, -0.15) is 0 Å². The number of hydrogen-bond acceptors (Lipinski definition) is 2. The molecular weight excluding hydrogens is 255 g/mol. The Hall–Kier alpha value is -1.42. The van der Waals surface area contributed by atoms with Gasteiger partial charge in [-0.1, -0.05) is 31.9 Å². The van der Waals surface area contributed by atoms with Crippen LogP contribution in [0, 0.1) is 11.7 Å². The van der Waals surface area contributed by atoms with E-state index in [1.54, 1.807) is 25.2 Å². The molecule has 0 spiro atoms. The van der Waals surface area contributed by atoms with Gasteiger partial charge in [0.05, 0.1) is 5.69 Å². The van der Waals surface area contributed by atoms with Gasteiger partial charge in [0.15, 0.2) is 0 Å². The van der Waals surface area contributed by atoms with Crippen molar-refractivity contribution in [3.05, 3.63) is 30.1 Å². The predicted molar refractivity (Wildman–Crippen MR) is 81.1 cm³/mol. The first-order valence-corrected chi connectivity index (χ1v) is 7.31. The molecule has 0 saturated heterocycles. The molecule has 0 aliphatic heterocycles. The lowest BCUT2D eigenvalue weighted by Crippen LogP contribution is -2.27. The Balaban J connectivity index is 2.55. The molecule has 0 aliphatic rings. The minimum Gasteiger partial charge on any atom is -0.330 e. The Morgan fingerprint density at radius 1 is 1.30 bits per heavy atom. The van der Waals surface area contributed by atoms with Gasteiger partial charge in [-0.15, -0.1) is 0 Å². The molecule has 0 aromatic heterocycles. The summed E-state index contributed by atoms with van der Waals surface area (Å²) in [6.07, 6.45) is 4.40. The lowest BCUT2D eigenvalue weighted by molar-refractivity contribution is -0.118. The molecule has 1 rings (SSSR count). The molecule has 1 atom stereocenters. The highest BCUT2D eigenvalue weighted by Gasteiger charge is 2.16. The minimum atomic E-state index is -0.365. The van der Waals surface area contributed by atoms with Crippen molar-refractivity contribution >= 4 is 11.6 Å². The third kappa shape index (κ3) is 4.93. The van der Waals surface area contributed by atoms with Crippen LogP contribution in [0.15, 0.2) is 24.3 Å². The summed E-state index contributed by atoms with van der Waals surface area (Å²) < 4.78 is 13.6. The highest BCUT2D eigenvalue weighted by Crippen LogP contribution is 2.21. The SMILES string of the molecule is CCCC(CCN)CCC(=O)N(C)c1ccccc1F. The van der Waals surface area contributed by atoms with Crippen molar-refractivity contribution in [2.75, 3.05) is 18.5 Å². The lowest BCUT2D eigenvalue weighted by atomic mass is 9.94. The molecule has 2 N–H and O–H groups in total. The number of carbonyl (C=O) groups excluding carboxylic acids is 1. The van der Waals surface area contributed by atoms with Crippen LogP contribution in [0.5, 0.6) is 0 Å². The van der Waals surface area contributed by atoms with Crippen molar-refractivity contribution in [2.45, 2.75) is 39.0 Å². The number of para-hydroxylation sites is 1. The van der Waals surface area contributed by atoms with Crippen LogP contribution >= 0.6 is 0 Å². The van der Waals surface area contributed by atoms with Crippen molar-refractivity contribution in [3.8, 4) is 0 Å². The standard InChI is InChI=1S/C16H25FN2O/c1-3-6-13(11-12-18)9-10-16(20)19(2)15-8-5-4-7-14(15)17/h4-5,7-8,13H,3,6,9-12,18H2,1-2H3. The second-order valence-electron chi connectivity index (χ2n) is 5.17. The van der Waals surface area contributed by atoms with Crippen LogP contribution < -0.4 is 10.6 Å². The molecule has 0 bridgehead atoms. The fourth-order valence-electron chi connectivity index (χ4n) is 2.43. The van der Waals surface area contributed by atoms with Gasteiger partial charge in [0.25, 0.3) is 0 Å².